The highest BCUT2D eigenvalue weighted by atomic mass is 15.0. The van der Waals surface area contributed by atoms with Crippen molar-refractivity contribution >= 4 is 49.9 Å². The summed E-state index contributed by atoms with van der Waals surface area (Å²) in [4.78, 5) is 0. The largest absolute Gasteiger partial charge is 0.405 e. The zero-order valence-electron chi connectivity index (χ0n) is 26.3. The van der Waals surface area contributed by atoms with E-state index >= 15 is 0 Å². The number of nitrogens with one attached hydrogen (secondary N) is 1. The Morgan fingerprint density at radius 1 is 0.660 bits per heavy atom. The van der Waals surface area contributed by atoms with Gasteiger partial charge in [-0.05, 0) is 112 Å². The van der Waals surface area contributed by atoms with Crippen LogP contribution in [0.1, 0.15) is 18.1 Å². The number of nitrogens with two attached hydrogens (primary N) is 1. The van der Waals surface area contributed by atoms with Crippen LogP contribution < -0.4 is 5.73 Å². The van der Waals surface area contributed by atoms with Crippen molar-refractivity contribution < 1.29 is 0 Å². The average Bonchev–Trinajstić information content (AvgIpc) is 3.47. The number of hydrogen-bond donors (Lipinski definition) is 2. The number of fused-ring (bicyclic) bond motifs is 5. The molecule has 0 atom stereocenters. The molecule has 1 aromatic heterocycles. The van der Waals surface area contributed by atoms with Crippen LogP contribution in [0.25, 0.3) is 71.7 Å². The topological polar surface area (TPSA) is 54.8 Å². The fraction of sp³-hybridized carbons (Fsp3) is 0.0227. The summed E-state index contributed by atoms with van der Waals surface area (Å²) in [6, 6.07) is 45.8. The second kappa shape index (κ2) is 12.7. The maximum Gasteiger partial charge on any atom is 0.0619 e. The predicted octanol–water partition coefficient (Wildman–Crippen LogP) is 11.4. The molecule has 0 aliphatic rings. The standard InChI is InChI=1S/C44H35N3/c1-3-31(23-25-46)33-12-8-14-35(27-33)36-17-20-40-38(28-36)19-22-42-41-21-18-37(34-13-7-11-32(26-34)30(2)10-9-24-45)29-43(41)47(44(40)42)39-15-5-4-6-16-39/h3-29,45H,2,46H2,1H3/b10-9-,25-23-,31-3+,45-24?. The third-order valence-corrected chi connectivity index (χ3v) is 8.83. The van der Waals surface area contributed by atoms with Gasteiger partial charge in [0.15, 0.2) is 0 Å². The molecule has 7 aromatic rings. The fourth-order valence-electron chi connectivity index (χ4n) is 6.54. The van der Waals surface area contributed by atoms with E-state index in [1.54, 1.807) is 12.3 Å². The van der Waals surface area contributed by atoms with E-state index < -0.39 is 0 Å². The van der Waals surface area contributed by atoms with Crippen LogP contribution in [0.2, 0.25) is 0 Å². The molecule has 0 saturated carbocycles. The van der Waals surface area contributed by atoms with Gasteiger partial charge in [0.05, 0.1) is 11.0 Å². The summed E-state index contributed by atoms with van der Waals surface area (Å²) in [5.74, 6) is 0. The Morgan fingerprint density at radius 2 is 1.32 bits per heavy atom. The lowest BCUT2D eigenvalue weighted by molar-refractivity contribution is 1.19. The van der Waals surface area contributed by atoms with Crippen LogP contribution in [0.15, 0.2) is 164 Å². The van der Waals surface area contributed by atoms with E-state index in [9.17, 15) is 0 Å². The van der Waals surface area contributed by atoms with E-state index in [4.69, 9.17) is 11.1 Å². The Kier molecular flexibility index (Phi) is 7.95. The number of hydrogen-bond acceptors (Lipinski definition) is 2. The first kappa shape index (κ1) is 29.5. The molecule has 0 radical (unpaired) electrons. The molecular formula is C44H35N3. The zero-order valence-corrected chi connectivity index (χ0v) is 26.3. The molecule has 0 saturated heterocycles. The van der Waals surface area contributed by atoms with Gasteiger partial charge < -0.3 is 15.7 Å². The first-order valence-corrected chi connectivity index (χ1v) is 15.8. The second-order valence-electron chi connectivity index (χ2n) is 11.6. The van der Waals surface area contributed by atoms with E-state index in [0.717, 1.165) is 44.6 Å². The normalized spacial score (nSPS) is 12.1. The Bertz CT molecular complexity index is 2400. The molecule has 3 heteroatoms. The molecular weight excluding hydrogens is 571 g/mol. The van der Waals surface area contributed by atoms with Crippen LogP contribution in [0.3, 0.4) is 0 Å². The molecule has 0 aliphatic heterocycles. The van der Waals surface area contributed by atoms with Gasteiger partial charge in [-0.25, -0.2) is 0 Å². The summed E-state index contributed by atoms with van der Waals surface area (Å²) < 4.78 is 2.41. The molecule has 7 rings (SSSR count). The molecule has 6 aromatic carbocycles. The summed E-state index contributed by atoms with van der Waals surface area (Å²) in [6.07, 6.45) is 10.5. The van der Waals surface area contributed by atoms with Gasteiger partial charge in [0, 0.05) is 28.1 Å². The van der Waals surface area contributed by atoms with Crippen molar-refractivity contribution in [2.75, 3.05) is 0 Å². The minimum absolute atomic E-state index is 0.877. The van der Waals surface area contributed by atoms with Gasteiger partial charge in [0.1, 0.15) is 0 Å². The van der Waals surface area contributed by atoms with Crippen LogP contribution in [0, 0.1) is 5.41 Å². The molecule has 3 nitrogen and oxygen atoms in total. The molecule has 226 valence electrons. The lowest BCUT2D eigenvalue weighted by Crippen LogP contribution is -1.94. The Labute approximate surface area is 275 Å². The van der Waals surface area contributed by atoms with Crippen molar-refractivity contribution in [2.45, 2.75) is 6.92 Å². The van der Waals surface area contributed by atoms with Crippen molar-refractivity contribution in [3.8, 4) is 27.9 Å². The molecule has 0 fully saturated rings. The fourth-order valence-corrected chi connectivity index (χ4v) is 6.54. The predicted molar refractivity (Wildman–Crippen MR) is 203 cm³/mol. The summed E-state index contributed by atoms with van der Waals surface area (Å²) in [5, 5.41) is 12.2. The van der Waals surface area contributed by atoms with Crippen molar-refractivity contribution in [2.24, 2.45) is 5.73 Å². The average molecular weight is 606 g/mol. The molecule has 47 heavy (non-hydrogen) atoms. The van der Waals surface area contributed by atoms with Crippen molar-refractivity contribution in [1.82, 2.24) is 4.57 Å². The summed E-state index contributed by atoms with van der Waals surface area (Å²) in [7, 11) is 0. The van der Waals surface area contributed by atoms with Crippen molar-refractivity contribution in [3.63, 3.8) is 0 Å². The maximum absolute atomic E-state index is 7.33. The summed E-state index contributed by atoms with van der Waals surface area (Å²) in [5.41, 5.74) is 18.0. The van der Waals surface area contributed by atoms with Crippen LogP contribution >= 0.6 is 0 Å². The van der Waals surface area contributed by atoms with E-state index in [1.165, 1.54) is 44.4 Å². The summed E-state index contributed by atoms with van der Waals surface area (Å²) in [6.45, 7) is 6.24. The van der Waals surface area contributed by atoms with Gasteiger partial charge in [-0.2, -0.15) is 0 Å². The maximum atomic E-state index is 7.33. The van der Waals surface area contributed by atoms with Crippen LogP contribution in [-0.2, 0) is 0 Å². The SMILES string of the molecule is C=C(/C=C\C=N)c1cccc(-c2ccc3c4ccc5cc(-c6cccc(C(/C=C\N)=C/C)c6)ccc5c4n(-c4ccccc4)c3c2)c1. The van der Waals surface area contributed by atoms with E-state index in [2.05, 4.69) is 145 Å². The highest BCUT2D eigenvalue weighted by molar-refractivity contribution is 6.19. The smallest absolute Gasteiger partial charge is 0.0619 e. The molecule has 0 spiro atoms. The number of nitrogens with zero attached hydrogens (tertiary/aromatic N) is 1. The van der Waals surface area contributed by atoms with Gasteiger partial charge in [-0.3, -0.25) is 0 Å². The van der Waals surface area contributed by atoms with Gasteiger partial charge in [0.2, 0.25) is 0 Å². The van der Waals surface area contributed by atoms with Crippen LogP contribution in [0.4, 0.5) is 0 Å². The Balaban J connectivity index is 1.41. The molecule has 0 aliphatic carbocycles. The highest BCUT2D eigenvalue weighted by Gasteiger charge is 2.17. The number of benzene rings is 6. The van der Waals surface area contributed by atoms with E-state index in [0.29, 0.717) is 0 Å². The first-order valence-electron chi connectivity index (χ1n) is 15.8. The zero-order chi connectivity index (χ0) is 32.3. The van der Waals surface area contributed by atoms with Gasteiger partial charge in [0.25, 0.3) is 0 Å². The third-order valence-electron chi connectivity index (χ3n) is 8.83. The van der Waals surface area contributed by atoms with Gasteiger partial charge >= 0.3 is 0 Å². The highest BCUT2D eigenvalue weighted by Crippen LogP contribution is 2.39. The van der Waals surface area contributed by atoms with Crippen LogP contribution in [-0.4, -0.2) is 10.8 Å². The second-order valence-corrected chi connectivity index (χ2v) is 11.6. The molecule has 1 heterocycles. The molecule has 0 bridgehead atoms. The van der Waals surface area contributed by atoms with Gasteiger partial charge in [-0.15, -0.1) is 0 Å². The minimum Gasteiger partial charge on any atom is -0.405 e. The van der Waals surface area contributed by atoms with E-state index in [-0.39, 0.29) is 0 Å². The minimum atomic E-state index is 0.877. The molecule has 0 unspecified atom stereocenters. The van der Waals surface area contributed by atoms with E-state index in [1.807, 2.05) is 19.1 Å². The lowest BCUT2D eigenvalue weighted by atomic mass is 9.96. The molecule has 0 amide bonds. The Morgan fingerprint density at radius 3 is 2.04 bits per heavy atom. The summed E-state index contributed by atoms with van der Waals surface area (Å²) >= 11 is 0. The van der Waals surface area contributed by atoms with Crippen molar-refractivity contribution in [1.29, 1.82) is 5.41 Å². The lowest BCUT2D eigenvalue weighted by Gasteiger charge is -2.12. The quantitative estimate of drug-likeness (QED) is 0.131. The number of rotatable bonds is 8. The third kappa shape index (κ3) is 5.49. The van der Waals surface area contributed by atoms with Gasteiger partial charge in [-0.1, -0.05) is 110 Å². The first-order chi connectivity index (χ1) is 23.1. The number of aromatic nitrogens is 1. The monoisotopic (exact) mass is 605 g/mol. The van der Waals surface area contributed by atoms with Crippen molar-refractivity contribution in [3.05, 3.63) is 176 Å². The Hall–Kier alpha value is -6.19. The van der Waals surface area contributed by atoms with Crippen LogP contribution in [0.5, 0.6) is 0 Å². The number of allylic oxidation sites excluding steroid dienone is 6. The molecule has 3 N–H and O–H groups in total. The number of para-hydroxylation sites is 1.